The van der Waals surface area contributed by atoms with Crippen molar-refractivity contribution in [2.45, 2.75) is 25.8 Å². The lowest BCUT2D eigenvalue weighted by atomic mass is 10.1. The summed E-state index contributed by atoms with van der Waals surface area (Å²) in [6.07, 6.45) is 3.17. The van der Waals surface area contributed by atoms with Crippen molar-refractivity contribution in [1.29, 1.82) is 0 Å². The van der Waals surface area contributed by atoms with Gasteiger partial charge < -0.3 is 15.1 Å². The van der Waals surface area contributed by atoms with Crippen molar-refractivity contribution < 1.29 is 14.0 Å². The maximum atomic E-state index is 11.9. The molecule has 0 aliphatic rings. The number of benzene rings is 1. The molecule has 0 fully saturated rings. The van der Waals surface area contributed by atoms with E-state index in [2.05, 4.69) is 26.6 Å². The van der Waals surface area contributed by atoms with Crippen molar-refractivity contribution in [2.75, 3.05) is 6.54 Å². The molecule has 5 nitrogen and oxygen atoms in total. The number of aryl methyl sites for hydroxylation is 1. The van der Waals surface area contributed by atoms with Gasteiger partial charge in [-0.3, -0.25) is 9.59 Å². The zero-order chi connectivity index (χ0) is 16.7. The van der Waals surface area contributed by atoms with E-state index in [1.807, 2.05) is 25.1 Å². The first-order valence-electron chi connectivity index (χ1n) is 7.40. The molecule has 2 N–H and O–H groups in total. The van der Waals surface area contributed by atoms with E-state index >= 15 is 0 Å². The van der Waals surface area contributed by atoms with Gasteiger partial charge in [-0.15, -0.1) is 0 Å². The molecule has 0 saturated heterocycles. The molecule has 2 aromatic rings. The molecule has 1 atom stereocenters. The van der Waals surface area contributed by atoms with Crippen molar-refractivity contribution in [1.82, 2.24) is 10.6 Å². The minimum absolute atomic E-state index is 0.00960. The number of nitrogens with one attached hydrogen (secondary N) is 2. The quantitative estimate of drug-likeness (QED) is 0.777. The van der Waals surface area contributed by atoms with Gasteiger partial charge in [-0.2, -0.15) is 0 Å². The van der Waals surface area contributed by atoms with Crippen LogP contribution in [0.5, 0.6) is 0 Å². The van der Waals surface area contributed by atoms with Gasteiger partial charge in [-0.1, -0.05) is 22.0 Å². The lowest BCUT2D eigenvalue weighted by Crippen LogP contribution is -2.41. The second-order valence-corrected chi connectivity index (χ2v) is 6.20. The van der Waals surface area contributed by atoms with Crippen molar-refractivity contribution in [3.63, 3.8) is 0 Å². The number of furan rings is 1. The van der Waals surface area contributed by atoms with Gasteiger partial charge in [-0.05, 0) is 43.7 Å². The molecule has 0 aliphatic heterocycles. The maximum absolute atomic E-state index is 11.9. The smallest absolute Gasteiger partial charge is 0.251 e. The lowest BCUT2D eigenvalue weighted by Gasteiger charge is -2.13. The SMILES string of the molecule is CC(CCc1ccco1)NC(=O)CNC(=O)c1cccc(Br)c1. The van der Waals surface area contributed by atoms with Gasteiger partial charge in [0.2, 0.25) is 5.91 Å². The first-order chi connectivity index (χ1) is 11.0. The van der Waals surface area contributed by atoms with Crippen molar-refractivity contribution in [3.05, 3.63) is 58.5 Å². The van der Waals surface area contributed by atoms with Gasteiger partial charge >= 0.3 is 0 Å². The van der Waals surface area contributed by atoms with E-state index in [1.165, 1.54) is 0 Å². The fourth-order valence-corrected chi connectivity index (χ4v) is 2.50. The molecule has 122 valence electrons. The van der Waals surface area contributed by atoms with E-state index in [4.69, 9.17) is 4.42 Å². The van der Waals surface area contributed by atoms with Crippen molar-refractivity contribution in [2.24, 2.45) is 0 Å². The van der Waals surface area contributed by atoms with E-state index < -0.39 is 0 Å². The predicted molar refractivity (Wildman–Crippen MR) is 91.1 cm³/mol. The monoisotopic (exact) mass is 378 g/mol. The number of amides is 2. The van der Waals surface area contributed by atoms with Crippen LogP contribution in [-0.2, 0) is 11.2 Å². The molecular weight excluding hydrogens is 360 g/mol. The Bertz CT molecular complexity index is 656. The van der Waals surface area contributed by atoms with Crippen LogP contribution in [0.15, 0.2) is 51.6 Å². The van der Waals surface area contributed by atoms with Crippen molar-refractivity contribution in [3.8, 4) is 0 Å². The Morgan fingerprint density at radius 1 is 1.26 bits per heavy atom. The molecule has 2 rings (SSSR count). The predicted octanol–water partition coefficient (Wildman–Crippen LogP) is 2.91. The summed E-state index contributed by atoms with van der Waals surface area (Å²) in [7, 11) is 0. The summed E-state index contributed by atoms with van der Waals surface area (Å²) >= 11 is 3.31. The number of halogens is 1. The number of hydrogen-bond donors (Lipinski definition) is 2. The molecule has 1 heterocycles. The molecule has 0 radical (unpaired) electrons. The molecule has 1 unspecified atom stereocenters. The highest BCUT2D eigenvalue weighted by Gasteiger charge is 2.11. The third kappa shape index (κ3) is 5.90. The first kappa shape index (κ1) is 17.3. The second kappa shape index (κ2) is 8.53. The second-order valence-electron chi connectivity index (χ2n) is 5.28. The molecule has 0 saturated carbocycles. The van der Waals surface area contributed by atoms with E-state index in [9.17, 15) is 9.59 Å². The van der Waals surface area contributed by atoms with E-state index in [0.29, 0.717) is 5.56 Å². The van der Waals surface area contributed by atoms with Crippen LogP contribution in [0.3, 0.4) is 0 Å². The molecule has 23 heavy (non-hydrogen) atoms. The molecule has 1 aromatic carbocycles. The zero-order valence-corrected chi connectivity index (χ0v) is 14.4. The average molecular weight is 379 g/mol. The highest BCUT2D eigenvalue weighted by Crippen LogP contribution is 2.11. The van der Waals surface area contributed by atoms with Crippen LogP contribution < -0.4 is 10.6 Å². The Balaban J connectivity index is 1.70. The number of hydrogen-bond acceptors (Lipinski definition) is 3. The van der Waals surface area contributed by atoms with Crippen LogP contribution in [0.1, 0.15) is 29.5 Å². The minimum atomic E-state index is -0.273. The van der Waals surface area contributed by atoms with Crippen LogP contribution in [0.25, 0.3) is 0 Å². The Kier molecular flexibility index (Phi) is 6.40. The minimum Gasteiger partial charge on any atom is -0.469 e. The van der Waals surface area contributed by atoms with Crippen molar-refractivity contribution >= 4 is 27.7 Å². The van der Waals surface area contributed by atoms with Gasteiger partial charge in [-0.25, -0.2) is 0 Å². The highest BCUT2D eigenvalue weighted by atomic mass is 79.9. The largest absolute Gasteiger partial charge is 0.469 e. The summed E-state index contributed by atoms with van der Waals surface area (Å²) in [5.74, 6) is 0.416. The van der Waals surface area contributed by atoms with E-state index in [-0.39, 0.29) is 24.4 Å². The van der Waals surface area contributed by atoms with Crippen LogP contribution in [-0.4, -0.2) is 24.4 Å². The van der Waals surface area contributed by atoms with Gasteiger partial charge in [0.05, 0.1) is 12.8 Å². The highest BCUT2D eigenvalue weighted by molar-refractivity contribution is 9.10. The van der Waals surface area contributed by atoms with Gasteiger partial charge in [0.25, 0.3) is 5.91 Å². The fourth-order valence-electron chi connectivity index (χ4n) is 2.10. The Morgan fingerprint density at radius 3 is 2.78 bits per heavy atom. The molecule has 6 heteroatoms. The van der Waals surface area contributed by atoms with Crippen LogP contribution >= 0.6 is 15.9 Å². The summed E-state index contributed by atoms with van der Waals surface area (Å²) in [4.78, 5) is 23.8. The Labute approximate surface area is 143 Å². The normalized spacial score (nSPS) is 11.7. The molecule has 0 aliphatic carbocycles. The zero-order valence-electron chi connectivity index (χ0n) is 12.8. The molecule has 2 amide bonds. The van der Waals surface area contributed by atoms with Crippen LogP contribution in [0.2, 0.25) is 0 Å². The molecule has 0 bridgehead atoms. The number of carbonyl (C=O) groups excluding carboxylic acids is 2. The maximum Gasteiger partial charge on any atom is 0.251 e. The number of carbonyl (C=O) groups is 2. The fraction of sp³-hybridized carbons (Fsp3) is 0.294. The summed E-state index contributed by atoms with van der Waals surface area (Å²) < 4.78 is 6.07. The van der Waals surface area contributed by atoms with E-state index in [1.54, 1.807) is 24.5 Å². The van der Waals surface area contributed by atoms with Crippen LogP contribution in [0.4, 0.5) is 0 Å². The summed E-state index contributed by atoms with van der Waals surface area (Å²) in [5, 5.41) is 5.47. The van der Waals surface area contributed by atoms with Crippen LogP contribution in [0, 0.1) is 0 Å². The number of rotatable bonds is 7. The summed E-state index contributed by atoms with van der Waals surface area (Å²) in [6, 6.07) is 10.8. The van der Waals surface area contributed by atoms with Gasteiger partial charge in [0.15, 0.2) is 0 Å². The van der Waals surface area contributed by atoms with E-state index in [0.717, 1.165) is 23.1 Å². The third-order valence-corrected chi connectivity index (χ3v) is 3.80. The van der Waals surface area contributed by atoms with Gasteiger partial charge in [0.1, 0.15) is 5.76 Å². The topological polar surface area (TPSA) is 71.3 Å². The Hall–Kier alpha value is -2.08. The summed E-state index contributed by atoms with van der Waals surface area (Å²) in [6.45, 7) is 1.88. The summed E-state index contributed by atoms with van der Waals surface area (Å²) in [5.41, 5.74) is 0.512. The lowest BCUT2D eigenvalue weighted by molar-refractivity contribution is -0.120. The molecular formula is C17H19BrN2O3. The Morgan fingerprint density at radius 2 is 2.09 bits per heavy atom. The third-order valence-electron chi connectivity index (χ3n) is 3.31. The standard InChI is InChI=1S/C17H19BrN2O3/c1-12(7-8-15-6-3-9-23-15)20-16(21)11-19-17(22)13-4-2-5-14(18)10-13/h2-6,9-10,12H,7-8,11H2,1H3,(H,19,22)(H,20,21). The van der Waals surface area contributed by atoms with Gasteiger partial charge in [0, 0.05) is 22.5 Å². The molecule has 0 spiro atoms. The molecule has 1 aromatic heterocycles. The average Bonchev–Trinajstić information content (AvgIpc) is 3.04. The first-order valence-corrected chi connectivity index (χ1v) is 8.19.